The molecular weight excluding hydrogens is 216 g/mol. The Balaban J connectivity index is 2.20. The summed E-state index contributed by atoms with van der Waals surface area (Å²) < 4.78 is 7.24. The van der Waals surface area contributed by atoms with Gasteiger partial charge in [-0.05, 0) is 30.3 Å². The van der Waals surface area contributed by atoms with Crippen molar-refractivity contribution in [3.05, 3.63) is 42.4 Å². The topological polar surface area (TPSA) is 51.2 Å². The third kappa shape index (κ3) is 1.54. The van der Waals surface area contributed by atoms with E-state index in [4.69, 9.17) is 4.42 Å². The highest BCUT2D eigenvalue weighted by molar-refractivity contribution is 5.81. The van der Waals surface area contributed by atoms with Gasteiger partial charge in [-0.25, -0.2) is 4.98 Å². The highest BCUT2D eigenvalue weighted by atomic mass is 16.3. The van der Waals surface area contributed by atoms with Crippen LogP contribution in [0.2, 0.25) is 0 Å². The second-order valence-corrected chi connectivity index (χ2v) is 3.93. The summed E-state index contributed by atoms with van der Waals surface area (Å²) in [6.07, 6.45) is 1.65. The molecule has 0 saturated carbocycles. The molecule has 0 aliphatic rings. The average molecular weight is 228 g/mol. The highest BCUT2D eigenvalue weighted by Gasteiger charge is 2.08. The SMILES string of the molecule is Cn1c(CO)nc2cc(-c3ccco3)ccc21. The summed E-state index contributed by atoms with van der Waals surface area (Å²) in [5.74, 6) is 1.49. The largest absolute Gasteiger partial charge is 0.464 e. The van der Waals surface area contributed by atoms with Crippen LogP contribution in [0.4, 0.5) is 0 Å². The van der Waals surface area contributed by atoms with Crippen LogP contribution in [0.25, 0.3) is 22.4 Å². The van der Waals surface area contributed by atoms with E-state index < -0.39 is 0 Å². The van der Waals surface area contributed by atoms with Crippen molar-refractivity contribution in [1.82, 2.24) is 9.55 Å². The molecule has 4 nitrogen and oxygen atoms in total. The van der Waals surface area contributed by atoms with E-state index in [2.05, 4.69) is 4.98 Å². The van der Waals surface area contributed by atoms with Crippen LogP contribution in [-0.4, -0.2) is 14.7 Å². The number of benzene rings is 1. The molecule has 2 heterocycles. The van der Waals surface area contributed by atoms with E-state index in [0.29, 0.717) is 5.82 Å². The molecule has 0 spiro atoms. The van der Waals surface area contributed by atoms with Gasteiger partial charge in [-0.3, -0.25) is 0 Å². The van der Waals surface area contributed by atoms with Crippen molar-refractivity contribution in [3.63, 3.8) is 0 Å². The summed E-state index contributed by atoms with van der Waals surface area (Å²) >= 11 is 0. The maximum atomic E-state index is 9.17. The van der Waals surface area contributed by atoms with Gasteiger partial charge in [0.1, 0.15) is 18.2 Å². The number of fused-ring (bicyclic) bond motifs is 1. The first-order valence-corrected chi connectivity index (χ1v) is 5.39. The van der Waals surface area contributed by atoms with Crippen molar-refractivity contribution in [1.29, 1.82) is 0 Å². The van der Waals surface area contributed by atoms with Gasteiger partial charge in [0.25, 0.3) is 0 Å². The highest BCUT2D eigenvalue weighted by Crippen LogP contribution is 2.24. The van der Waals surface area contributed by atoms with Gasteiger partial charge in [0.2, 0.25) is 0 Å². The van der Waals surface area contributed by atoms with Gasteiger partial charge < -0.3 is 14.1 Å². The third-order valence-electron chi connectivity index (χ3n) is 2.92. The van der Waals surface area contributed by atoms with Crippen molar-refractivity contribution in [2.45, 2.75) is 6.61 Å². The van der Waals surface area contributed by atoms with Crippen molar-refractivity contribution in [2.75, 3.05) is 0 Å². The molecule has 1 aromatic carbocycles. The monoisotopic (exact) mass is 228 g/mol. The van der Waals surface area contributed by atoms with Crippen LogP contribution in [0.5, 0.6) is 0 Å². The number of aryl methyl sites for hydroxylation is 1. The molecule has 0 fully saturated rings. The number of imidazole rings is 1. The molecule has 0 aliphatic carbocycles. The zero-order valence-corrected chi connectivity index (χ0v) is 9.42. The first-order valence-electron chi connectivity index (χ1n) is 5.39. The minimum atomic E-state index is -0.0543. The number of hydrogen-bond donors (Lipinski definition) is 1. The summed E-state index contributed by atoms with van der Waals surface area (Å²) in [5.41, 5.74) is 2.86. The Labute approximate surface area is 98.1 Å². The van der Waals surface area contributed by atoms with E-state index in [1.54, 1.807) is 6.26 Å². The van der Waals surface area contributed by atoms with E-state index in [0.717, 1.165) is 22.4 Å². The minimum absolute atomic E-state index is 0.0543. The standard InChI is InChI=1S/C13H12N2O2/c1-15-11-5-4-9(12-3-2-6-17-12)7-10(11)14-13(15)8-16/h2-7,16H,8H2,1H3. The minimum Gasteiger partial charge on any atom is -0.464 e. The fraction of sp³-hybridized carbons (Fsp3) is 0.154. The summed E-state index contributed by atoms with van der Waals surface area (Å²) in [6.45, 7) is -0.0543. The molecule has 2 aromatic heterocycles. The van der Waals surface area contributed by atoms with Gasteiger partial charge in [0, 0.05) is 12.6 Å². The molecule has 0 bridgehead atoms. The van der Waals surface area contributed by atoms with Crippen molar-refractivity contribution < 1.29 is 9.52 Å². The van der Waals surface area contributed by atoms with Crippen LogP contribution in [0.1, 0.15) is 5.82 Å². The molecule has 0 atom stereocenters. The van der Waals surface area contributed by atoms with Crippen LogP contribution in [0.3, 0.4) is 0 Å². The Morgan fingerprint density at radius 3 is 2.94 bits per heavy atom. The molecule has 0 saturated heterocycles. The normalized spacial score (nSPS) is 11.2. The van der Waals surface area contributed by atoms with Crippen LogP contribution in [0.15, 0.2) is 41.0 Å². The number of hydrogen-bond acceptors (Lipinski definition) is 3. The van der Waals surface area contributed by atoms with Crippen LogP contribution < -0.4 is 0 Å². The fourth-order valence-electron chi connectivity index (χ4n) is 1.99. The Morgan fingerprint density at radius 2 is 2.24 bits per heavy atom. The molecule has 0 radical (unpaired) electrons. The molecule has 17 heavy (non-hydrogen) atoms. The molecule has 3 aromatic rings. The second kappa shape index (κ2) is 3.75. The Morgan fingerprint density at radius 1 is 1.35 bits per heavy atom. The quantitative estimate of drug-likeness (QED) is 0.732. The van der Waals surface area contributed by atoms with Gasteiger partial charge in [0.05, 0.1) is 17.3 Å². The lowest BCUT2D eigenvalue weighted by Crippen LogP contribution is -1.96. The number of rotatable bonds is 2. The molecule has 0 aliphatic heterocycles. The van der Waals surface area contributed by atoms with Gasteiger partial charge in [-0.1, -0.05) is 0 Å². The number of furan rings is 1. The summed E-state index contributed by atoms with van der Waals surface area (Å²) in [5, 5.41) is 9.17. The van der Waals surface area contributed by atoms with Gasteiger partial charge in [0.15, 0.2) is 0 Å². The lowest BCUT2D eigenvalue weighted by atomic mass is 10.1. The predicted molar refractivity (Wildman–Crippen MR) is 64.3 cm³/mol. The second-order valence-electron chi connectivity index (χ2n) is 3.93. The first-order chi connectivity index (χ1) is 8.29. The third-order valence-corrected chi connectivity index (χ3v) is 2.92. The summed E-state index contributed by atoms with van der Waals surface area (Å²) in [4.78, 5) is 4.37. The maximum Gasteiger partial charge on any atom is 0.135 e. The Kier molecular flexibility index (Phi) is 2.23. The smallest absolute Gasteiger partial charge is 0.135 e. The zero-order valence-electron chi connectivity index (χ0n) is 9.42. The number of aliphatic hydroxyl groups excluding tert-OH is 1. The van der Waals surface area contributed by atoms with E-state index in [1.165, 1.54) is 0 Å². The van der Waals surface area contributed by atoms with Gasteiger partial charge in [-0.2, -0.15) is 0 Å². The Bertz CT molecular complexity index is 653. The van der Waals surface area contributed by atoms with Crippen LogP contribution in [0, 0.1) is 0 Å². The molecular formula is C13H12N2O2. The van der Waals surface area contributed by atoms with E-state index in [9.17, 15) is 5.11 Å². The molecule has 3 rings (SSSR count). The lowest BCUT2D eigenvalue weighted by molar-refractivity contribution is 0.268. The van der Waals surface area contributed by atoms with Gasteiger partial charge >= 0.3 is 0 Å². The van der Waals surface area contributed by atoms with Crippen LogP contribution in [-0.2, 0) is 13.7 Å². The first kappa shape index (κ1) is 10.1. The number of aromatic nitrogens is 2. The predicted octanol–water partition coefficient (Wildman–Crippen LogP) is 2.33. The fourth-order valence-corrected chi connectivity index (χ4v) is 1.99. The van der Waals surface area contributed by atoms with E-state index in [-0.39, 0.29) is 6.61 Å². The van der Waals surface area contributed by atoms with Crippen molar-refractivity contribution in [3.8, 4) is 11.3 Å². The lowest BCUT2D eigenvalue weighted by Gasteiger charge is -1.99. The molecule has 1 N–H and O–H groups in total. The summed E-state index contributed by atoms with van der Waals surface area (Å²) in [7, 11) is 1.90. The number of aliphatic hydroxyl groups is 1. The molecule has 4 heteroatoms. The van der Waals surface area contributed by atoms with Crippen molar-refractivity contribution >= 4 is 11.0 Å². The average Bonchev–Trinajstić information content (AvgIpc) is 2.97. The molecule has 0 unspecified atom stereocenters. The van der Waals surface area contributed by atoms with E-state index >= 15 is 0 Å². The number of nitrogens with zero attached hydrogens (tertiary/aromatic N) is 2. The molecule has 0 amide bonds. The zero-order chi connectivity index (χ0) is 11.8. The maximum absolute atomic E-state index is 9.17. The van der Waals surface area contributed by atoms with E-state index in [1.807, 2.05) is 41.9 Å². The molecule has 86 valence electrons. The Hall–Kier alpha value is -2.07. The van der Waals surface area contributed by atoms with Gasteiger partial charge in [-0.15, -0.1) is 0 Å². The van der Waals surface area contributed by atoms with Crippen LogP contribution >= 0.6 is 0 Å². The summed E-state index contributed by atoms with van der Waals surface area (Å²) in [6, 6.07) is 9.71. The van der Waals surface area contributed by atoms with Crippen molar-refractivity contribution in [2.24, 2.45) is 7.05 Å².